The molecule has 7 heteroatoms. The Morgan fingerprint density at radius 1 is 1.05 bits per heavy atom. The molecule has 22 heavy (non-hydrogen) atoms. The van der Waals surface area contributed by atoms with Crippen LogP contribution in [0.15, 0.2) is 35.3 Å². The lowest BCUT2D eigenvalue weighted by Crippen LogP contribution is -2.14. The normalized spacial score (nSPS) is 9.95. The standard InChI is InChI=1S/C15H16N2O5/c1-20-11-6-9(7-12(21-2)14(11)22-3)15(19)17-10-4-5-13(18)16-8-10/h4-8H,1-3H3,(H,16,18)(H,17,19). The zero-order valence-corrected chi connectivity index (χ0v) is 12.4. The fourth-order valence-electron chi connectivity index (χ4n) is 1.90. The minimum Gasteiger partial charge on any atom is -0.493 e. The van der Waals surface area contributed by atoms with E-state index in [1.165, 1.54) is 39.7 Å². The average Bonchev–Trinajstić information content (AvgIpc) is 2.55. The number of aromatic nitrogens is 1. The number of amides is 1. The van der Waals surface area contributed by atoms with Gasteiger partial charge in [0.15, 0.2) is 11.5 Å². The number of anilines is 1. The average molecular weight is 304 g/mol. The van der Waals surface area contributed by atoms with Crippen LogP contribution in [0, 0.1) is 0 Å². The van der Waals surface area contributed by atoms with Crippen molar-refractivity contribution in [3.8, 4) is 17.2 Å². The molecular formula is C15H16N2O5. The topological polar surface area (TPSA) is 89.7 Å². The molecule has 0 saturated carbocycles. The number of methoxy groups -OCH3 is 3. The third-order valence-corrected chi connectivity index (χ3v) is 2.97. The van der Waals surface area contributed by atoms with Gasteiger partial charge in [-0.25, -0.2) is 0 Å². The Balaban J connectivity index is 2.33. The lowest BCUT2D eigenvalue weighted by molar-refractivity contribution is 0.102. The Kier molecular flexibility index (Phi) is 4.67. The highest BCUT2D eigenvalue weighted by molar-refractivity contribution is 6.05. The van der Waals surface area contributed by atoms with Gasteiger partial charge in [-0.05, 0) is 18.2 Å². The molecule has 0 bridgehead atoms. The number of hydrogen-bond donors (Lipinski definition) is 2. The minimum atomic E-state index is -0.369. The molecule has 0 saturated heterocycles. The summed E-state index contributed by atoms with van der Waals surface area (Å²) in [5.41, 5.74) is 0.560. The van der Waals surface area contributed by atoms with Crippen LogP contribution in [-0.2, 0) is 0 Å². The number of ether oxygens (including phenoxy) is 3. The Bertz CT molecular complexity index is 693. The Morgan fingerprint density at radius 3 is 2.14 bits per heavy atom. The van der Waals surface area contributed by atoms with Gasteiger partial charge in [-0.3, -0.25) is 9.59 Å². The SMILES string of the molecule is COc1cc(C(=O)Nc2ccc(=O)[nH]c2)cc(OC)c1OC. The predicted octanol–water partition coefficient (Wildman–Crippen LogP) is 1.65. The van der Waals surface area contributed by atoms with Gasteiger partial charge in [0.05, 0.1) is 27.0 Å². The van der Waals surface area contributed by atoms with Gasteiger partial charge < -0.3 is 24.5 Å². The highest BCUT2D eigenvalue weighted by Gasteiger charge is 2.17. The van der Waals surface area contributed by atoms with E-state index in [2.05, 4.69) is 10.3 Å². The third-order valence-electron chi connectivity index (χ3n) is 2.97. The Hall–Kier alpha value is -2.96. The number of pyridine rings is 1. The molecule has 0 atom stereocenters. The molecule has 0 aliphatic heterocycles. The molecule has 1 heterocycles. The summed E-state index contributed by atoms with van der Waals surface area (Å²) in [6.07, 6.45) is 1.41. The van der Waals surface area contributed by atoms with Crippen LogP contribution in [0.4, 0.5) is 5.69 Å². The molecule has 2 rings (SSSR count). The molecule has 0 aliphatic carbocycles. The van der Waals surface area contributed by atoms with Gasteiger partial charge in [-0.1, -0.05) is 0 Å². The van der Waals surface area contributed by atoms with E-state index < -0.39 is 0 Å². The first-order chi connectivity index (χ1) is 10.6. The van der Waals surface area contributed by atoms with E-state index in [0.29, 0.717) is 28.5 Å². The van der Waals surface area contributed by atoms with Crippen LogP contribution in [0.3, 0.4) is 0 Å². The van der Waals surface area contributed by atoms with Gasteiger partial charge in [0.2, 0.25) is 11.3 Å². The maximum Gasteiger partial charge on any atom is 0.255 e. The summed E-state index contributed by atoms with van der Waals surface area (Å²) in [6, 6.07) is 5.92. The monoisotopic (exact) mass is 304 g/mol. The maximum atomic E-state index is 12.3. The Labute approximate surface area is 126 Å². The summed E-state index contributed by atoms with van der Waals surface area (Å²) >= 11 is 0. The van der Waals surface area contributed by atoms with Gasteiger partial charge in [-0.2, -0.15) is 0 Å². The van der Waals surface area contributed by atoms with E-state index in [-0.39, 0.29) is 11.5 Å². The number of benzene rings is 1. The number of carbonyl (C=O) groups excluding carboxylic acids is 1. The van der Waals surface area contributed by atoms with Gasteiger partial charge in [-0.15, -0.1) is 0 Å². The summed E-state index contributed by atoms with van der Waals surface area (Å²) in [4.78, 5) is 25.8. The van der Waals surface area contributed by atoms with Crippen LogP contribution in [0.2, 0.25) is 0 Å². The summed E-state index contributed by atoms with van der Waals surface area (Å²) in [6.45, 7) is 0. The number of rotatable bonds is 5. The van der Waals surface area contributed by atoms with Crippen LogP contribution in [-0.4, -0.2) is 32.2 Å². The fourth-order valence-corrected chi connectivity index (χ4v) is 1.90. The zero-order valence-electron chi connectivity index (χ0n) is 12.4. The fraction of sp³-hybridized carbons (Fsp3) is 0.200. The molecule has 2 N–H and O–H groups in total. The van der Waals surface area contributed by atoms with E-state index in [9.17, 15) is 9.59 Å². The highest BCUT2D eigenvalue weighted by Crippen LogP contribution is 2.38. The van der Waals surface area contributed by atoms with Crippen molar-refractivity contribution in [2.45, 2.75) is 0 Å². The first-order valence-corrected chi connectivity index (χ1v) is 6.39. The van der Waals surface area contributed by atoms with Crippen molar-refractivity contribution < 1.29 is 19.0 Å². The largest absolute Gasteiger partial charge is 0.493 e. The Morgan fingerprint density at radius 2 is 1.68 bits per heavy atom. The van der Waals surface area contributed by atoms with Crippen LogP contribution < -0.4 is 25.1 Å². The minimum absolute atomic E-state index is 0.245. The number of nitrogens with one attached hydrogen (secondary N) is 2. The van der Waals surface area contributed by atoms with E-state index in [1.54, 1.807) is 12.1 Å². The molecule has 1 aromatic heterocycles. The molecule has 0 radical (unpaired) electrons. The van der Waals surface area contributed by atoms with Gasteiger partial charge in [0.1, 0.15) is 0 Å². The van der Waals surface area contributed by atoms with Crippen molar-refractivity contribution in [2.24, 2.45) is 0 Å². The van der Waals surface area contributed by atoms with Crippen molar-refractivity contribution in [2.75, 3.05) is 26.6 Å². The van der Waals surface area contributed by atoms with E-state index >= 15 is 0 Å². The summed E-state index contributed by atoms with van der Waals surface area (Å²) in [5, 5.41) is 2.66. The number of aromatic amines is 1. The van der Waals surface area contributed by atoms with Crippen LogP contribution in [0.25, 0.3) is 0 Å². The van der Waals surface area contributed by atoms with Gasteiger partial charge in [0.25, 0.3) is 5.91 Å². The predicted molar refractivity (Wildman–Crippen MR) is 81.1 cm³/mol. The molecule has 7 nitrogen and oxygen atoms in total. The van der Waals surface area contributed by atoms with Crippen molar-refractivity contribution in [1.82, 2.24) is 4.98 Å². The van der Waals surface area contributed by atoms with Crippen molar-refractivity contribution in [3.63, 3.8) is 0 Å². The van der Waals surface area contributed by atoms with Gasteiger partial charge >= 0.3 is 0 Å². The van der Waals surface area contributed by atoms with Crippen LogP contribution in [0.1, 0.15) is 10.4 Å². The second-order valence-corrected chi connectivity index (χ2v) is 4.31. The lowest BCUT2D eigenvalue weighted by atomic mass is 10.1. The van der Waals surface area contributed by atoms with Crippen LogP contribution in [0.5, 0.6) is 17.2 Å². The van der Waals surface area contributed by atoms with E-state index in [0.717, 1.165) is 0 Å². The van der Waals surface area contributed by atoms with Crippen LogP contribution >= 0.6 is 0 Å². The van der Waals surface area contributed by atoms with E-state index in [1.807, 2.05) is 0 Å². The molecule has 1 aromatic carbocycles. The molecule has 0 fully saturated rings. The smallest absolute Gasteiger partial charge is 0.255 e. The molecule has 116 valence electrons. The summed E-state index contributed by atoms with van der Waals surface area (Å²) in [5.74, 6) is 0.804. The number of carbonyl (C=O) groups is 1. The third kappa shape index (κ3) is 3.20. The number of hydrogen-bond acceptors (Lipinski definition) is 5. The summed E-state index contributed by atoms with van der Waals surface area (Å²) < 4.78 is 15.6. The zero-order chi connectivity index (χ0) is 16.1. The molecule has 0 spiro atoms. The first-order valence-electron chi connectivity index (χ1n) is 6.39. The highest BCUT2D eigenvalue weighted by atomic mass is 16.5. The first kappa shape index (κ1) is 15.4. The van der Waals surface area contributed by atoms with Crippen molar-refractivity contribution >= 4 is 11.6 Å². The quantitative estimate of drug-likeness (QED) is 0.876. The van der Waals surface area contributed by atoms with Crippen molar-refractivity contribution in [3.05, 3.63) is 46.4 Å². The summed E-state index contributed by atoms with van der Waals surface area (Å²) in [7, 11) is 4.43. The second-order valence-electron chi connectivity index (χ2n) is 4.31. The van der Waals surface area contributed by atoms with E-state index in [4.69, 9.17) is 14.2 Å². The van der Waals surface area contributed by atoms with Crippen molar-refractivity contribution in [1.29, 1.82) is 0 Å². The molecular weight excluding hydrogens is 288 g/mol. The molecule has 0 aliphatic rings. The van der Waals surface area contributed by atoms with Gasteiger partial charge in [0, 0.05) is 17.8 Å². The maximum absolute atomic E-state index is 12.3. The second kappa shape index (κ2) is 6.66. The molecule has 0 unspecified atom stereocenters. The molecule has 1 amide bonds. The lowest BCUT2D eigenvalue weighted by Gasteiger charge is -2.14. The number of H-pyrrole nitrogens is 1. The molecule has 2 aromatic rings.